The summed E-state index contributed by atoms with van der Waals surface area (Å²) in [5.41, 5.74) is 1.51. The van der Waals surface area contributed by atoms with Crippen LogP contribution in [-0.4, -0.2) is 72.2 Å². The molecule has 2 heterocycles. The van der Waals surface area contributed by atoms with E-state index in [2.05, 4.69) is 14.9 Å². The van der Waals surface area contributed by atoms with Gasteiger partial charge in [-0.1, -0.05) is 0 Å². The van der Waals surface area contributed by atoms with E-state index < -0.39 is 0 Å². The van der Waals surface area contributed by atoms with E-state index >= 15 is 0 Å². The van der Waals surface area contributed by atoms with Crippen molar-refractivity contribution < 1.29 is 23.7 Å². The smallest absolute Gasteiger partial charge is 0.272 e. The molecule has 0 N–H and O–H groups in total. The van der Waals surface area contributed by atoms with Gasteiger partial charge in [0, 0.05) is 25.8 Å². The molecule has 0 radical (unpaired) electrons. The predicted molar refractivity (Wildman–Crippen MR) is 81.9 cm³/mol. The minimum Gasteiger partial charge on any atom is -0.382 e. The summed E-state index contributed by atoms with van der Waals surface area (Å²) in [5.74, 6) is -0.510. The molecule has 1 saturated heterocycles. The first kappa shape index (κ1) is 16.3. The molecule has 0 bridgehead atoms. The van der Waals surface area contributed by atoms with Gasteiger partial charge in [-0.05, 0) is 34.9 Å². The van der Waals surface area contributed by atoms with Crippen molar-refractivity contribution in [2.75, 3.05) is 40.0 Å². The van der Waals surface area contributed by atoms with Crippen LogP contribution in [0.3, 0.4) is 0 Å². The SMILES string of the molecule is COCCOCC(=O)N1CCCN1C(=O)c1ccc2nonc2c1. The molecule has 0 spiro atoms. The Morgan fingerprint density at radius 3 is 2.79 bits per heavy atom. The average Bonchev–Trinajstić information content (AvgIpc) is 3.25. The highest BCUT2D eigenvalue weighted by Gasteiger charge is 2.31. The summed E-state index contributed by atoms with van der Waals surface area (Å²) in [6, 6.07) is 4.91. The van der Waals surface area contributed by atoms with Crippen LogP contribution >= 0.6 is 0 Å². The number of carbonyl (C=O) groups is 2. The first-order valence-electron chi connectivity index (χ1n) is 7.62. The predicted octanol–water partition coefficient (Wildman–Crippen LogP) is 0.475. The molecule has 0 atom stereocenters. The van der Waals surface area contributed by atoms with Crippen molar-refractivity contribution in [3.63, 3.8) is 0 Å². The second-order valence-electron chi connectivity index (χ2n) is 5.31. The van der Waals surface area contributed by atoms with Gasteiger partial charge in [0.1, 0.15) is 17.6 Å². The lowest BCUT2D eigenvalue weighted by atomic mass is 10.2. The van der Waals surface area contributed by atoms with Gasteiger partial charge >= 0.3 is 0 Å². The molecule has 2 aromatic rings. The van der Waals surface area contributed by atoms with Crippen LogP contribution in [-0.2, 0) is 14.3 Å². The minimum atomic E-state index is -0.261. The maximum absolute atomic E-state index is 12.7. The number of amides is 2. The zero-order valence-electron chi connectivity index (χ0n) is 13.3. The third-order valence-corrected chi connectivity index (χ3v) is 3.71. The molecule has 2 amide bonds. The maximum atomic E-state index is 12.7. The molecule has 24 heavy (non-hydrogen) atoms. The van der Waals surface area contributed by atoms with Crippen LogP contribution in [0.5, 0.6) is 0 Å². The number of carbonyl (C=O) groups excluding carboxylic acids is 2. The molecule has 9 heteroatoms. The Kier molecular flexibility index (Phi) is 5.02. The highest BCUT2D eigenvalue weighted by atomic mass is 16.6. The highest BCUT2D eigenvalue weighted by molar-refractivity contribution is 5.98. The van der Waals surface area contributed by atoms with E-state index in [4.69, 9.17) is 9.47 Å². The zero-order chi connectivity index (χ0) is 16.9. The number of benzene rings is 1. The Bertz CT molecular complexity index is 731. The van der Waals surface area contributed by atoms with Crippen LogP contribution in [0, 0.1) is 0 Å². The largest absolute Gasteiger partial charge is 0.382 e. The third-order valence-electron chi connectivity index (χ3n) is 3.71. The number of methoxy groups -OCH3 is 1. The second kappa shape index (κ2) is 7.37. The summed E-state index contributed by atoms with van der Waals surface area (Å²) in [7, 11) is 1.56. The number of ether oxygens (including phenoxy) is 2. The van der Waals surface area contributed by atoms with Gasteiger partial charge in [-0.25, -0.2) is 14.6 Å². The molecule has 1 aromatic heterocycles. The number of hydrogen-bond donors (Lipinski definition) is 0. The lowest BCUT2D eigenvalue weighted by Gasteiger charge is -2.27. The number of rotatable bonds is 6. The Labute approximate surface area is 138 Å². The molecule has 1 aliphatic heterocycles. The number of hydrogen-bond acceptors (Lipinski definition) is 7. The molecule has 1 aliphatic rings. The minimum absolute atomic E-state index is 0.0839. The fourth-order valence-electron chi connectivity index (χ4n) is 2.52. The van der Waals surface area contributed by atoms with Gasteiger partial charge in [0.25, 0.3) is 11.8 Å². The van der Waals surface area contributed by atoms with E-state index in [9.17, 15) is 9.59 Å². The second-order valence-corrected chi connectivity index (χ2v) is 5.31. The van der Waals surface area contributed by atoms with Crippen LogP contribution in [0.2, 0.25) is 0 Å². The van der Waals surface area contributed by atoms with Crippen LogP contribution in [0.15, 0.2) is 22.8 Å². The van der Waals surface area contributed by atoms with Crippen molar-refractivity contribution in [3.8, 4) is 0 Å². The van der Waals surface area contributed by atoms with E-state index in [-0.39, 0.29) is 18.4 Å². The van der Waals surface area contributed by atoms with E-state index in [1.807, 2.05) is 0 Å². The number of fused-ring (bicyclic) bond motifs is 1. The molecule has 1 fully saturated rings. The molecule has 3 rings (SSSR count). The number of nitrogens with zero attached hydrogens (tertiary/aromatic N) is 4. The lowest BCUT2D eigenvalue weighted by molar-refractivity contribution is -0.146. The highest BCUT2D eigenvalue weighted by Crippen LogP contribution is 2.18. The summed E-state index contributed by atoms with van der Waals surface area (Å²) in [6.45, 7) is 1.64. The van der Waals surface area contributed by atoms with Crippen molar-refractivity contribution >= 4 is 22.8 Å². The Hall–Kier alpha value is -2.52. The van der Waals surface area contributed by atoms with E-state index in [1.54, 1.807) is 25.3 Å². The maximum Gasteiger partial charge on any atom is 0.272 e. The van der Waals surface area contributed by atoms with Crippen molar-refractivity contribution in [3.05, 3.63) is 23.8 Å². The fraction of sp³-hybridized carbons (Fsp3) is 0.467. The quantitative estimate of drug-likeness (QED) is 0.708. The molecule has 9 nitrogen and oxygen atoms in total. The number of aromatic nitrogens is 2. The van der Waals surface area contributed by atoms with Crippen LogP contribution in [0.1, 0.15) is 16.8 Å². The first-order chi connectivity index (χ1) is 11.7. The van der Waals surface area contributed by atoms with Gasteiger partial charge < -0.3 is 9.47 Å². The fourth-order valence-corrected chi connectivity index (χ4v) is 2.52. The zero-order valence-corrected chi connectivity index (χ0v) is 13.3. The molecular weight excluding hydrogens is 316 g/mol. The Morgan fingerprint density at radius 2 is 1.96 bits per heavy atom. The summed E-state index contributed by atoms with van der Waals surface area (Å²) in [4.78, 5) is 25.0. The third kappa shape index (κ3) is 3.36. The van der Waals surface area contributed by atoms with E-state index in [0.29, 0.717) is 42.9 Å². The molecule has 128 valence electrons. The van der Waals surface area contributed by atoms with Gasteiger partial charge in [-0.3, -0.25) is 9.59 Å². The molecule has 0 aliphatic carbocycles. The molecule has 1 aromatic carbocycles. The monoisotopic (exact) mass is 334 g/mol. The Morgan fingerprint density at radius 1 is 1.17 bits per heavy atom. The van der Waals surface area contributed by atoms with Crippen molar-refractivity contribution in [2.24, 2.45) is 0 Å². The normalized spacial score (nSPS) is 14.5. The van der Waals surface area contributed by atoms with Gasteiger partial charge in [-0.15, -0.1) is 0 Å². The van der Waals surface area contributed by atoms with Crippen molar-refractivity contribution in [1.29, 1.82) is 0 Å². The lowest BCUT2D eigenvalue weighted by Crippen LogP contribution is -2.46. The Balaban J connectivity index is 1.67. The summed E-state index contributed by atoms with van der Waals surface area (Å²) < 4.78 is 14.7. The van der Waals surface area contributed by atoms with Crippen LogP contribution in [0.25, 0.3) is 11.0 Å². The summed E-state index contributed by atoms with van der Waals surface area (Å²) in [6.07, 6.45) is 0.726. The molecule has 0 saturated carbocycles. The molecule has 0 unspecified atom stereocenters. The molecular formula is C15H18N4O5. The first-order valence-corrected chi connectivity index (χ1v) is 7.62. The number of hydrazine groups is 1. The average molecular weight is 334 g/mol. The van der Waals surface area contributed by atoms with Crippen molar-refractivity contribution in [1.82, 2.24) is 20.3 Å². The summed E-state index contributed by atoms with van der Waals surface area (Å²) >= 11 is 0. The topological polar surface area (TPSA) is 98.0 Å². The van der Waals surface area contributed by atoms with Crippen LogP contribution in [0.4, 0.5) is 0 Å². The van der Waals surface area contributed by atoms with E-state index in [1.165, 1.54) is 10.0 Å². The van der Waals surface area contributed by atoms with E-state index in [0.717, 1.165) is 6.42 Å². The van der Waals surface area contributed by atoms with Gasteiger partial charge in [0.2, 0.25) is 0 Å². The van der Waals surface area contributed by atoms with Gasteiger partial charge in [-0.2, -0.15) is 0 Å². The van der Waals surface area contributed by atoms with Gasteiger partial charge in [0.05, 0.1) is 13.2 Å². The standard InChI is InChI=1S/C15H18N4O5/c1-22-7-8-23-10-14(20)18-5-2-6-19(18)15(21)11-3-4-12-13(9-11)17-24-16-12/h3-4,9H,2,5-8,10H2,1H3. The van der Waals surface area contributed by atoms with Crippen molar-refractivity contribution in [2.45, 2.75) is 6.42 Å². The van der Waals surface area contributed by atoms with Gasteiger partial charge in [0.15, 0.2) is 0 Å². The summed E-state index contributed by atoms with van der Waals surface area (Å²) in [5, 5.41) is 10.3. The van der Waals surface area contributed by atoms with Crippen LogP contribution < -0.4 is 0 Å².